The molecule has 1 aliphatic heterocycles. The number of nitrogens with zero attached hydrogens (tertiary/aromatic N) is 4. The average molecular weight is 450 g/mol. The molecule has 1 aliphatic rings. The van der Waals surface area contributed by atoms with Crippen LogP contribution in [0.15, 0.2) is 53.7 Å². The smallest absolute Gasteiger partial charge is 0.255 e. The Hall–Kier alpha value is -3.13. The van der Waals surface area contributed by atoms with Crippen molar-refractivity contribution >= 4 is 29.3 Å². The molecular formula is C24H27N5O2S. The molecule has 3 aromatic rings. The number of carbonyl (C=O) groups is 2. The van der Waals surface area contributed by atoms with E-state index >= 15 is 0 Å². The van der Waals surface area contributed by atoms with Crippen molar-refractivity contribution in [2.75, 3.05) is 24.2 Å². The Kier molecular flexibility index (Phi) is 6.90. The summed E-state index contributed by atoms with van der Waals surface area (Å²) in [5, 5.41) is 8.38. The molecule has 3 heterocycles. The van der Waals surface area contributed by atoms with Gasteiger partial charge in [-0.1, -0.05) is 18.2 Å². The average Bonchev–Trinajstić information content (AvgIpc) is 3.44. The van der Waals surface area contributed by atoms with Crippen molar-refractivity contribution < 1.29 is 9.59 Å². The van der Waals surface area contributed by atoms with Crippen LogP contribution in [0.4, 0.5) is 5.69 Å². The molecule has 1 aromatic carbocycles. The molecule has 0 atom stereocenters. The first-order valence-corrected chi connectivity index (χ1v) is 11.8. The van der Waals surface area contributed by atoms with Gasteiger partial charge in [0, 0.05) is 31.5 Å². The van der Waals surface area contributed by atoms with Gasteiger partial charge in [-0.05, 0) is 51.0 Å². The highest BCUT2D eigenvalue weighted by Crippen LogP contribution is 2.24. The topological polar surface area (TPSA) is 80.1 Å². The number of hydrogen-bond acceptors (Lipinski definition) is 5. The molecule has 0 radical (unpaired) electrons. The predicted octanol–water partition coefficient (Wildman–Crippen LogP) is 4.24. The van der Waals surface area contributed by atoms with Gasteiger partial charge in [0.2, 0.25) is 5.91 Å². The van der Waals surface area contributed by atoms with E-state index in [1.807, 2.05) is 65.9 Å². The predicted molar refractivity (Wildman–Crippen MR) is 126 cm³/mol. The standard InChI is InChI=1S/C24H27N5O2S/c1-17-23(18(2)29(27-17)20-8-4-3-5-9-20)26-21(30)12-15-32-22-11-10-19(16-25-22)24(31)28-13-6-7-14-28/h3-5,8-11,16H,6-7,12-15H2,1-2H3,(H,26,30). The van der Waals surface area contributed by atoms with E-state index in [2.05, 4.69) is 15.4 Å². The molecule has 0 aliphatic carbocycles. The number of amides is 2. The fourth-order valence-corrected chi connectivity index (χ4v) is 4.58. The SMILES string of the molecule is Cc1nn(-c2ccccc2)c(C)c1NC(=O)CCSc1ccc(C(=O)N2CCCC2)cn1. The van der Waals surface area contributed by atoms with Gasteiger partial charge in [0.25, 0.3) is 5.91 Å². The van der Waals surface area contributed by atoms with Crippen LogP contribution >= 0.6 is 11.8 Å². The van der Waals surface area contributed by atoms with E-state index in [1.54, 1.807) is 6.20 Å². The van der Waals surface area contributed by atoms with Crippen LogP contribution in [0, 0.1) is 13.8 Å². The van der Waals surface area contributed by atoms with Gasteiger partial charge in [-0.25, -0.2) is 9.67 Å². The van der Waals surface area contributed by atoms with Crippen LogP contribution in [0.25, 0.3) is 5.69 Å². The van der Waals surface area contributed by atoms with Crippen molar-refractivity contribution in [1.29, 1.82) is 0 Å². The number of rotatable bonds is 7. The second-order valence-corrected chi connectivity index (χ2v) is 8.94. The molecule has 8 heteroatoms. The number of anilines is 1. The number of aromatic nitrogens is 3. The minimum Gasteiger partial charge on any atom is -0.339 e. The largest absolute Gasteiger partial charge is 0.339 e. The second-order valence-electron chi connectivity index (χ2n) is 7.82. The normalized spacial score (nSPS) is 13.4. The van der Waals surface area contributed by atoms with E-state index in [9.17, 15) is 9.59 Å². The van der Waals surface area contributed by atoms with Crippen molar-refractivity contribution in [2.45, 2.75) is 38.1 Å². The summed E-state index contributed by atoms with van der Waals surface area (Å²) in [7, 11) is 0. The van der Waals surface area contributed by atoms with Gasteiger partial charge in [0.05, 0.1) is 33.4 Å². The number of benzene rings is 1. The third-order valence-corrected chi connectivity index (χ3v) is 6.46. The number of nitrogens with one attached hydrogen (secondary N) is 1. The Morgan fingerprint density at radius 3 is 2.50 bits per heavy atom. The molecule has 0 unspecified atom stereocenters. The fourth-order valence-electron chi connectivity index (χ4n) is 3.79. The van der Waals surface area contributed by atoms with Gasteiger partial charge in [0.1, 0.15) is 0 Å². The van der Waals surface area contributed by atoms with Gasteiger partial charge in [-0.2, -0.15) is 5.10 Å². The Balaban J connectivity index is 1.29. The first-order valence-electron chi connectivity index (χ1n) is 10.8. The summed E-state index contributed by atoms with van der Waals surface area (Å²) in [5.74, 6) is 0.591. The quantitative estimate of drug-likeness (QED) is 0.546. The minimum atomic E-state index is -0.0582. The summed E-state index contributed by atoms with van der Waals surface area (Å²) in [6.45, 7) is 5.50. The fraction of sp³-hybridized carbons (Fsp3) is 0.333. The van der Waals surface area contributed by atoms with Crippen LogP contribution in [0.2, 0.25) is 0 Å². The zero-order valence-electron chi connectivity index (χ0n) is 18.4. The van der Waals surface area contributed by atoms with Crippen molar-refractivity contribution in [3.8, 4) is 5.69 Å². The maximum atomic E-state index is 12.5. The lowest BCUT2D eigenvalue weighted by Crippen LogP contribution is -2.27. The summed E-state index contributed by atoms with van der Waals surface area (Å²) in [4.78, 5) is 31.2. The Bertz CT molecular complexity index is 1090. The minimum absolute atomic E-state index is 0.0488. The Labute approximate surface area is 192 Å². The first kappa shape index (κ1) is 22.1. The molecule has 166 valence electrons. The number of carbonyl (C=O) groups excluding carboxylic acids is 2. The third-order valence-electron chi connectivity index (χ3n) is 5.51. The van der Waals surface area contributed by atoms with E-state index in [0.717, 1.165) is 53.7 Å². The van der Waals surface area contributed by atoms with Crippen LogP contribution in [0.5, 0.6) is 0 Å². The van der Waals surface area contributed by atoms with Crippen molar-refractivity contribution in [3.63, 3.8) is 0 Å². The third kappa shape index (κ3) is 5.02. The maximum Gasteiger partial charge on any atom is 0.255 e. The van der Waals surface area contributed by atoms with Gasteiger partial charge < -0.3 is 10.2 Å². The van der Waals surface area contributed by atoms with Crippen LogP contribution < -0.4 is 5.32 Å². The molecule has 32 heavy (non-hydrogen) atoms. The second kappa shape index (κ2) is 9.99. The zero-order valence-corrected chi connectivity index (χ0v) is 19.2. The number of hydrogen-bond donors (Lipinski definition) is 1. The van der Waals surface area contributed by atoms with Gasteiger partial charge in [-0.3, -0.25) is 9.59 Å². The van der Waals surface area contributed by atoms with Crippen molar-refractivity contribution in [3.05, 3.63) is 65.6 Å². The molecule has 4 rings (SSSR count). The van der Waals surface area contributed by atoms with Crippen molar-refractivity contribution in [2.24, 2.45) is 0 Å². The van der Waals surface area contributed by atoms with Crippen LogP contribution in [0.3, 0.4) is 0 Å². The molecule has 2 aromatic heterocycles. The summed E-state index contributed by atoms with van der Waals surface area (Å²) in [6.07, 6.45) is 4.13. The van der Waals surface area contributed by atoms with Crippen LogP contribution in [-0.2, 0) is 4.79 Å². The van der Waals surface area contributed by atoms with E-state index < -0.39 is 0 Å². The molecule has 1 fully saturated rings. The molecule has 7 nitrogen and oxygen atoms in total. The zero-order chi connectivity index (χ0) is 22.5. The Morgan fingerprint density at radius 1 is 1.06 bits per heavy atom. The highest BCUT2D eigenvalue weighted by Gasteiger charge is 2.19. The van der Waals surface area contributed by atoms with Crippen molar-refractivity contribution in [1.82, 2.24) is 19.7 Å². The summed E-state index contributed by atoms with van der Waals surface area (Å²) in [6, 6.07) is 13.5. The summed E-state index contributed by atoms with van der Waals surface area (Å²) < 4.78 is 1.84. The van der Waals surface area contributed by atoms with Gasteiger partial charge >= 0.3 is 0 Å². The molecule has 1 saturated heterocycles. The van der Waals surface area contributed by atoms with Gasteiger partial charge in [0.15, 0.2) is 0 Å². The number of aryl methyl sites for hydroxylation is 1. The molecular weight excluding hydrogens is 422 g/mol. The monoisotopic (exact) mass is 449 g/mol. The highest BCUT2D eigenvalue weighted by atomic mass is 32.2. The molecule has 0 saturated carbocycles. The van der Waals surface area contributed by atoms with E-state index in [4.69, 9.17) is 0 Å². The molecule has 0 bridgehead atoms. The lowest BCUT2D eigenvalue weighted by Gasteiger charge is -2.14. The first-order chi connectivity index (χ1) is 15.5. The number of likely N-dealkylation sites (tertiary alicyclic amines) is 1. The molecule has 2 amide bonds. The van der Waals surface area contributed by atoms with E-state index in [1.165, 1.54) is 11.8 Å². The van der Waals surface area contributed by atoms with Crippen LogP contribution in [-0.4, -0.2) is 50.3 Å². The summed E-state index contributed by atoms with van der Waals surface area (Å²) >= 11 is 1.50. The van der Waals surface area contributed by atoms with E-state index in [-0.39, 0.29) is 11.8 Å². The summed E-state index contributed by atoms with van der Waals surface area (Å²) in [5.41, 5.74) is 4.02. The van der Waals surface area contributed by atoms with E-state index in [0.29, 0.717) is 17.7 Å². The van der Waals surface area contributed by atoms with Gasteiger partial charge in [-0.15, -0.1) is 11.8 Å². The highest BCUT2D eigenvalue weighted by molar-refractivity contribution is 7.99. The van der Waals surface area contributed by atoms with Crippen LogP contribution in [0.1, 0.15) is 41.0 Å². The number of para-hydroxylation sites is 1. The lowest BCUT2D eigenvalue weighted by atomic mass is 10.2. The lowest BCUT2D eigenvalue weighted by molar-refractivity contribution is -0.115. The Morgan fingerprint density at radius 2 is 1.81 bits per heavy atom. The number of pyridine rings is 1. The number of thioether (sulfide) groups is 1. The molecule has 0 spiro atoms. The molecule has 1 N–H and O–H groups in total. The maximum absolute atomic E-state index is 12.5.